The Kier molecular flexibility index (Phi) is 5.26. The second-order valence-electron chi connectivity index (χ2n) is 5.28. The number of amides is 1. The van der Waals surface area contributed by atoms with Gasteiger partial charge in [0.15, 0.2) is 0 Å². The highest BCUT2D eigenvalue weighted by Crippen LogP contribution is 2.40. The molecule has 0 aromatic heterocycles. The maximum Gasteiger partial charge on any atom is 0.223 e. The number of hydrogen-bond donors (Lipinski definition) is 1. The SMILES string of the molecule is CCC1(CNCCC(=O)N(C)C)CCCC1. The standard InChI is InChI=1S/C13H26N2O/c1-4-13(8-5-6-9-13)11-14-10-7-12(16)15(2)3/h14H,4-11H2,1-3H3. The zero-order valence-electron chi connectivity index (χ0n) is 11.0. The molecule has 3 nitrogen and oxygen atoms in total. The van der Waals surface area contributed by atoms with E-state index in [1.54, 1.807) is 4.90 Å². The Labute approximate surface area is 99.6 Å². The Balaban J connectivity index is 2.17. The summed E-state index contributed by atoms with van der Waals surface area (Å²) in [4.78, 5) is 13.0. The molecule has 0 bridgehead atoms. The van der Waals surface area contributed by atoms with Gasteiger partial charge in [0.05, 0.1) is 0 Å². The number of nitrogens with one attached hydrogen (secondary N) is 1. The second-order valence-corrected chi connectivity index (χ2v) is 5.28. The average Bonchev–Trinajstić information content (AvgIpc) is 2.73. The minimum Gasteiger partial charge on any atom is -0.349 e. The van der Waals surface area contributed by atoms with Crippen LogP contribution >= 0.6 is 0 Å². The van der Waals surface area contributed by atoms with Gasteiger partial charge in [-0.05, 0) is 24.7 Å². The van der Waals surface area contributed by atoms with Gasteiger partial charge >= 0.3 is 0 Å². The Morgan fingerprint density at radius 2 is 1.94 bits per heavy atom. The normalized spacial score (nSPS) is 18.7. The fourth-order valence-electron chi connectivity index (χ4n) is 2.55. The van der Waals surface area contributed by atoms with E-state index in [1.165, 1.54) is 32.1 Å². The molecule has 1 saturated carbocycles. The quantitative estimate of drug-likeness (QED) is 0.703. The Hall–Kier alpha value is -0.570. The summed E-state index contributed by atoms with van der Waals surface area (Å²) in [5, 5.41) is 3.46. The third kappa shape index (κ3) is 3.78. The van der Waals surface area contributed by atoms with Crippen molar-refractivity contribution in [3.8, 4) is 0 Å². The van der Waals surface area contributed by atoms with E-state index in [-0.39, 0.29) is 5.91 Å². The number of nitrogens with zero attached hydrogens (tertiary/aromatic N) is 1. The average molecular weight is 226 g/mol. The molecule has 94 valence electrons. The van der Waals surface area contributed by atoms with Crippen LogP contribution in [-0.4, -0.2) is 38.0 Å². The van der Waals surface area contributed by atoms with Gasteiger partial charge in [-0.3, -0.25) is 4.79 Å². The summed E-state index contributed by atoms with van der Waals surface area (Å²) >= 11 is 0. The minimum atomic E-state index is 0.212. The van der Waals surface area contributed by atoms with Crippen LogP contribution in [0.25, 0.3) is 0 Å². The first kappa shape index (κ1) is 13.5. The monoisotopic (exact) mass is 226 g/mol. The summed E-state index contributed by atoms with van der Waals surface area (Å²) in [6.07, 6.45) is 7.36. The predicted molar refractivity (Wildman–Crippen MR) is 67.4 cm³/mol. The molecule has 1 amide bonds. The maximum absolute atomic E-state index is 11.4. The van der Waals surface area contributed by atoms with Gasteiger partial charge in [0.25, 0.3) is 0 Å². The van der Waals surface area contributed by atoms with Crippen LogP contribution in [0, 0.1) is 5.41 Å². The zero-order valence-corrected chi connectivity index (χ0v) is 11.0. The van der Waals surface area contributed by atoms with Crippen molar-refractivity contribution in [1.82, 2.24) is 10.2 Å². The Morgan fingerprint density at radius 1 is 1.31 bits per heavy atom. The summed E-state index contributed by atoms with van der Waals surface area (Å²) < 4.78 is 0. The summed E-state index contributed by atoms with van der Waals surface area (Å²) in [6.45, 7) is 4.20. The van der Waals surface area contributed by atoms with E-state index in [0.717, 1.165) is 13.1 Å². The highest BCUT2D eigenvalue weighted by Gasteiger charge is 2.31. The molecule has 0 unspecified atom stereocenters. The maximum atomic E-state index is 11.4. The van der Waals surface area contributed by atoms with E-state index in [9.17, 15) is 4.79 Å². The van der Waals surface area contributed by atoms with Crippen LogP contribution in [0.5, 0.6) is 0 Å². The smallest absolute Gasteiger partial charge is 0.223 e. The number of hydrogen-bond acceptors (Lipinski definition) is 2. The van der Waals surface area contributed by atoms with Crippen LogP contribution in [-0.2, 0) is 4.79 Å². The first-order chi connectivity index (χ1) is 7.59. The second kappa shape index (κ2) is 6.24. The lowest BCUT2D eigenvalue weighted by molar-refractivity contribution is -0.128. The van der Waals surface area contributed by atoms with E-state index in [1.807, 2.05) is 14.1 Å². The summed E-state index contributed by atoms with van der Waals surface area (Å²) in [5.41, 5.74) is 0.529. The molecule has 3 heteroatoms. The lowest BCUT2D eigenvalue weighted by Gasteiger charge is -2.27. The molecule has 1 aliphatic rings. The Morgan fingerprint density at radius 3 is 2.44 bits per heavy atom. The van der Waals surface area contributed by atoms with Crippen molar-refractivity contribution in [1.29, 1.82) is 0 Å². The molecule has 16 heavy (non-hydrogen) atoms. The summed E-state index contributed by atoms with van der Waals surface area (Å²) in [5.74, 6) is 0.212. The molecule has 1 fully saturated rings. The van der Waals surface area contributed by atoms with Crippen LogP contribution in [0.15, 0.2) is 0 Å². The fraction of sp³-hybridized carbons (Fsp3) is 0.923. The van der Waals surface area contributed by atoms with Gasteiger partial charge in [0.1, 0.15) is 0 Å². The molecule has 0 atom stereocenters. The van der Waals surface area contributed by atoms with Crippen molar-refractivity contribution in [2.75, 3.05) is 27.2 Å². The van der Waals surface area contributed by atoms with Crippen LogP contribution in [0.1, 0.15) is 45.4 Å². The highest BCUT2D eigenvalue weighted by molar-refractivity contribution is 5.75. The van der Waals surface area contributed by atoms with Crippen LogP contribution < -0.4 is 5.32 Å². The minimum absolute atomic E-state index is 0.212. The third-order valence-corrected chi connectivity index (χ3v) is 3.93. The van der Waals surface area contributed by atoms with Crippen molar-refractivity contribution in [3.05, 3.63) is 0 Å². The molecule has 0 heterocycles. The van der Waals surface area contributed by atoms with Crippen LogP contribution in [0.3, 0.4) is 0 Å². The molecule has 0 aliphatic heterocycles. The topological polar surface area (TPSA) is 32.3 Å². The predicted octanol–water partition coefficient (Wildman–Crippen LogP) is 2.02. The van der Waals surface area contributed by atoms with Crippen molar-refractivity contribution in [3.63, 3.8) is 0 Å². The molecule has 1 aliphatic carbocycles. The number of carbonyl (C=O) groups excluding carboxylic acids is 1. The fourth-order valence-corrected chi connectivity index (χ4v) is 2.55. The molecular formula is C13H26N2O. The van der Waals surface area contributed by atoms with Gasteiger partial charge in [-0.1, -0.05) is 19.8 Å². The number of carbonyl (C=O) groups is 1. The zero-order chi connectivity index (χ0) is 12.0. The van der Waals surface area contributed by atoms with Crippen molar-refractivity contribution < 1.29 is 4.79 Å². The first-order valence-corrected chi connectivity index (χ1v) is 6.50. The lowest BCUT2D eigenvalue weighted by Crippen LogP contribution is -2.34. The molecular weight excluding hydrogens is 200 g/mol. The number of rotatable bonds is 6. The van der Waals surface area contributed by atoms with Gasteiger partial charge in [-0.25, -0.2) is 0 Å². The van der Waals surface area contributed by atoms with E-state index >= 15 is 0 Å². The Bertz CT molecular complexity index is 220. The molecule has 1 rings (SSSR count). The largest absolute Gasteiger partial charge is 0.349 e. The van der Waals surface area contributed by atoms with E-state index < -0.39 is 0 Å². The van der Waals surface area contributed by atoms with E-state index in [4.69, 9.17) is 0 Å². The third-order valence-electron chi connectivity index (χ3n) is 3.93. The molecule has 0 radical (unpaired) electrons. The van der Waals surface area contributed by atoms with Gasteiger partial charge in [0, 0.05) is 33.6 Å². The van der Waals surface area contributed by atoms with Crippen molar-refractivity contribution >= 4 is 5.91 Å². The van der Waals surface area contributed by atoms with Gasteiger partial charge in [-0.2, -0.15) is 0 Å². The lowest BCUT2D eigenvalue weighted by atomic mass is 9.83. The molecule has 0 aromatic rings. The summed E-state index contributed by atoms with van der Waals surface area (Å²) in [6, 6.07) is 0. The van der Waals surface area contributed by atoms with E-state index in [2.05, 4.69) is 12.2 Å². The van der Waals surface area contributed by atoms with Crippen molar-refractivity contribution in [2.24, 2.45) is 5.41 Å². The summed E-state index contributed by atoms with van der Waals surface area (Å²) in [7, 11) is 3.62. The molecule has 0 spiro atoms. The molecule has 0 saturated heterocycles. The van der Waals surface area contributed by atoms with Crippen LogP contribution in [0.4, 0.5) is 0 Å². The van der Waals surface area contributed by atoms with Gasteiger partial charge in [-0.15, -0.1) is 0 Å². The first-order valence-electron chi connectivity index (χ1n) is 6.50. The van der Waals surface area contributed by atoms with Gasteiger partial charge in [0.2, 0.25) is 5.91 Å². The molecule has 0 aromatic carbocycles. The van der Waals surface area contributed by atoms with E-state index in [0.29, 0.717) is 11.8 Å². The molecule has 1 N–H and O–H groups in total. The van der Waals surface area contributed by atoms with Gasteiger partial charge < -0.3 is 10.2 Å². The van der Waals surface area contributed by atoms with Crippen LogP contribution in [0.2, 0.25) is 0 Å². The van der Waals surface area contributed by atoms with Crippen molar-refractivity contribution in [2.45, 2.75) is 45.4 Å². The highest BCUT2D eigenvalue weighted by atomic mass is 16.2.